The average molecular weight is 259 g/mol. The van der Waals surface area contributed by atoms with E-state index in [0.717, 1.165) is 5.56 Å². The van der Waals surface area contributed by atoms with E-state index in [9.17, 15) is 4.79 Å². The van der Waals surface area contributed by atoms with E-state index in [1.54, 1.807) is 12.3 Å². The molecule has 0 aromatic carbocycles. The summed E-state index contributed by atoms with van der Waals surface area (Å²) in [4.78, 5) is 14.9. The van der Waals surface area contributed by atoms with E-state index in [4.69, 9.17) is 10.8 Å². The van der Waals surface area contributed by atoms with Crippen LogP contribution in [0.3, 0.4) is 0 Å². The molecule has 0 fully saturated rings. The summed E-state index contributed by atoms with van der Waals surface area (Å²) >= 11 is 3.18. The lowest BCUT2D eigenvalue weighted by atomic mass is 9.94. The molecule has 0 aliphatic carbocycles. The minimum absolute atomic E-state index is 0.468. The number of aryl methyl sites for hydroxylation is 1. The van der Waals surface area contributed by atoms with Crippen LogP contribution in [0.1, 0.15) is 18.1 Å². The first kappa shape index (κ1) is 11.1. The Balaban J connectivity index is 3.31. The molecule has 1 atom stereocenters. The van der Waals surface area contributed by atoms with Crippen LogP contribution in [0.15, 0.2) is 16.9 Å². The van der Waals surface area contributed by atoms with Gasteiger partial charge in [-0.15, -0.1) is 0 Å². The number of aromatic nitrogens is 1. The number of carboxylic acids is 1. The van der Waals surface area contributed by atoms with Crippen LogP contribution in [0, 0.1) is 6.92 Å². The van der Waals surface area contributed by atoms with Gasteiger partial charge in [0.15, 0.2) is 0 Å². The van der Waals surface area contributed by atoms with Crippen molar-refractivity contribution in [3.05, 3.63) is 28.0 Å². The number of hydrogen-bond acceptors (Lipinski definition) is 3. The Morgan fingerprint density at radius 2 is 2.29 bits per heavy atom. The first-order valence-corrected chi connectivity index (χ1v) is 4.80. The summed E-state index contributed by atoms with van der Waals surface area (Å²) in [6, 6.07) is 1.71. The number of carboxylic acid groups (broad SMARTS) is 1. The van der Waals surface area contributed by atoms with Crippen LogP contribution in [-0.2, 0) is 10.3 Å². The third-order valence-electron chi connectivity index (χ3n) is 1.98. The minimum Gasteiger partial charge on any atom is -0.480 e. The molecule has 14 heavy (non-hydrogen) atoms. The fourth-order valence-corrected chi connectivity index (χ4v) is 1.66. The minimum atomic E-state index is -1.42. The number of pyridine rings is 1. The predicted molar refractivity (Wildman–Crippen MR) is 55.8 cm³/mol. The van der Waals surface area contributed by atoms with Gasteiger partial charge in [-0.2, -0.15) is 0 Å². The van der Waals surface area contributed by atoms with Crippen molar-refractivity contribution in [3.8, 4) is 0 Å². The van der Waals surface area contributed by atoms with E-state index in [-0.39, 0.29) is 0 Å². The van der Waals surface area contributed by atoms with Gasteiger partial charge in [-0.25, -0.2) is 9.78 Å². The third kappa shape index (κ3) is 1.93. The zero-order valence-corrected chi connectivity index (χ0v) is 9.50. The fraction of sp³-hybridized carbons (Fsp3) is 0.333. The van der Waals surface area contributed by atoms with Crippen molar-refractivity contribution in [2.24, 2.45) is 5.73 Å². The molecule has 0 saturated heterocycles. The highest BCUT2D eigenvalue weighted by atomic mass is 79.9. The number of nitrogens with two attached hydrogens (primary N) is 1. The molecule has 0 bridgehead atoms. The molecule has 4 nitrogen and oxygen atoms in total. The summed E-state index contributed by atoms with van der Waals surface area (Å²) in [5, 5.41) is 8.94. The van der Waals surface area contributed by atoms with Gasteiger partial charge in [0.1, 0.15) is 10.1 Å². The van der Waals surface area contributed by atoms with E-state index in [1.807, 2.05) is 6.92 Å². The molecule has 0 amide bonds. The summed E-state index contributed by atoms with van der Waals surface area (Å²) < 4.78 is 0.468. The van der Waals surface area contributed by atoms with Crippen molar-refractivity contribution in [2.75, 3.05) is 0 Å². The first-order chi connectivity index (χ1) is 6.35. The maximum absolute atomic E-state index is 10.9. The topological polar surface area (TPSA) is 76.2 Å². The summed E-state index contributed by atoms with van der Waals surface area (Å²) in [6.07, 6.45) is 1.64. The van der Waals surface area contributed by atoms with Gasteiger partial charge in [0.25, 0.3) is 0 Å². The maximum Gasteiger partial charge on any atom is 0.328 e. The van der Waals surface area contributed by atoms with Crippen LogP contribution in [-0.4, -0.2) is 16.1 Å². The van der Waals surface area contributed by atoms with Crippen LogP contribution in [0.4, 0.5) is 0 Å². The lowest BCUT2D eigenvalue weighted by Crippen LogP contribution is -2.42. The van der Waals surface area contributed by atoms with Gasteiger partial charge in [0, 0.05) is 11.8 Å². The van der Waals surface area contributed by atoms with Gasteiger partial charge in [-0.05, 0) is 41.4 Å². The second-order valence-electron chi connectivity index (χ2n) is 3.36. The van der Waals surface area contributed by atoms with Crippen molar-refractivity contribution in [3.63, 3.8) is 0 Å². The van der Waals surface area contributed by atoms with Crippen LogP contribution >= 0.6 is 15.9 Å². The molecule has 76 valence electrons. The van der Waals surface area contributed by atoms with Crippen LogP contribution in [0.2, 0.25) is 0 Å². The van der Waals surface area contributed by atoms with Gasteiger partial charge >= 0.3 is 5.97 Å². The standard InChI is InChI=1S/C9H11BrN2O2/c1-5-3-6(7(10)12-4-5)9(2,11)8(13)14/h3-4H,11H2,1-2H3,(H,13,14)/t9-/m1/s1. The van der Waals surface area contributed by atoms with Crippen molar-refractivity contribution >= 4 is 21.9 Å². The molecular weight excluding hydrogens is 248 g/mol. The molecule has 0 unspecified atom stereocenters. The van der Waals surface area contributed by atoms with Crippen LogP contribution < -0.4 is 5.73 Å². The Morgan fingerprint density at radius 3 is 2.79 bits per heavy atom. The summed E-state index contributed by atoms with van der Waals surface area (Å²) in [6.45, 7) is 3.28. The fourth-order valence-electron chi connectivity index (χ4n) is 1.03. The van der Waals surface area contributed by atoms with Gasteiger partial charge in [0.2, 0.25) is 0 Å². The van der Waals surface area contributed by atoms with Crippen molar-refractivity contribution in [1.82, 2.24) is 4.98 Å². The van der Waals surface area contributed by atoms with Gasteiger partial charge in [-0.3, -0.25) is 0 Å². The summed E-state index contributed by atoms with van der Waals surface area (Å²) in [5.74, 6) is -1.08. The molecule has 1 rings (SSSR count). The van der Waals surface area contributed by atoms with E-state index < -0.39 is 11.5 Å². The highest BCUT2D eigenvalue weighted by Crippen LogP contribution is 2.25. The zero-order valence-electron chi connectivity index (χ0n) is 7.91. The monoisotopic (exact) mass is 258 g/mol. The van der Waals surface area contributed by atoms with Gasteiger partial charge in [-0.1, -0.05) is 0 Å². The second kappa shape index (κ2) is 3.67. The van der Waals surface area contributed by atoms with Crippen molar-refractivity contribution in [2.45, 2.75) is 19.4 Å². The Morgan fingerprint density at radius 1 is 1.71 bits per heavy atom. The molecule has 0 spiro atoms. The summed E-state index contributed by atoms with van der Waals surface area (Å²) in [7, 11) is 0. The molecule has 5 heteroatoms. The molecule has 0 radical (unpaired) electrons. The van der Waals surface area contributed by atoms with Crippen molar-refractivity contribution < 1.29 is 9.90 Å². The molecule has 3 N–H and O–H groups in total. The molecule has 0 saturated carbocycles. The average Bonchev–Trinajstić information content (AvgIpc) is 2.08. The lowest BCUT2D eigenvalue weighted by Gasteiger charge is -2.20. The SMILES string of the molecule is Cc1cnc(Br)c([C@@](C)(N)C(=O)O)c1. The Hall–Kier alpha value is -0.940. The first-order valence-electron chi connectivity index (χ1n) is 4.00. The molecular formula is C9H11BrN2O2. The Bertz CT molecular complexity index is 377. The molecule has 1 aromatic heterocycles. The van der Waals surface area contributed by atoms with E-state index >= 15 is 0 Å². The Labute approximate surface area is 90.3 Å². The van der Waals surface area contributed by atoms with Crippen LogP contribution in [0.5, 0.6) is 0 Å². The maximum atomic E-state index is 10.9. The number of hydrogen-bond donors (Lipinski definition) is 2. The molecule has 1 aromatic rings. The smallest absolute Gasteiger partial charge is 0.328 e. The highest BCUT2D eigenvalue weighted by molar-refractivity contribution is 9.10. The summed E-state index contributed by atoms with van der Waals surface area (Å²) in [5.41, 5.74) is 5.62. The van der Waals surface area contributed by atoms with Crippen LogP contribution in [0.25, 0.3) is 0 Å². The number of rotatable bonds is 2. The van der Waals surface area contributed by atoms with Gasteiger partial charge < -0.3 is 10.8 Å². The quantitative estimate of drug-likeness (QED) is 0.787. The Kier molecular flexibility index (Phi) is 2.92. The normalized spacial score (nSPS) is 14.9. The predicted octanol–water partition coefficient (Wildman–Crippen LogP) is 1.41. The third-order valence-corrected chi connectivity index (χ3v) is 2.61. The molecule has 0 aliphatic heterocycles. The number of aliphatic carboxylic acids is 1. The highest BCUT2D eigenvalue weighted by Gasteiger charge is 2.32. The molecule has 0 aliphatic rings. The number of halogens is 1. The lowest BCUT2D eigenvalue weighted by molar-refractivity contribution is -0.143. The second-order valence-corrected chi connectivity index (χ2v) is 4.11. The van der Waals surface area contributed by atoms with E-state index in [2.05, 4.69) is 20.9 Å². The largest absolute Gasteiger partial charge is 0.480 e. The number of nitrogens with zero attached hydrogens (tertiary/aromatic N) is 1. The van der Waals surface area contributed by atoms with E-state index in [0.29, 0.717) is 10.2 Å². The van der Waals surface area contributed by atoms with Crippen molar-refractivity contribution in [1.29, 1.82) is 0 Å². The number of carbonyl (C=O) groups is 1. The molecule has 1 heterocycles. The zero-order chi connectivity index (χ0) is 10.9. The van der Waals surface area contributed by atoms with Gasteiger partial charge in [0.05, 0.1) is 0 Å². The van der Waals surface area contributed by atoms with E-state index in [1.165, 1.54) is 6.92 Å².